The fraction of sp³-hybridized carbons (Fsp3) is 0.333. The van der Waals surface area contributed by atoms with Crippen LogP contribution in [0.3, 0.4) is 0 Å². The molecule has 0 aliphatic heterocycles. The number of benzene rings is 1. The normalized spacial score (nSPS) is 15.6. The van der Waals surface area contributed by atoms with Crippen molar-refractivity contribution in [2.75, 3.05) is 0 Å². The maximum absolute atomic E-state index is 11.2. The number of ether oxygens (including phenoxy) is 1. The van der Waals surface area contributed by atoms with E-state index in [0.29, 0.717) is 0 Å². The lowest BCUT2D eigenvalue weighted by atomic mass is 10.3. The van der Waals surface area contributed by atoms with E-state index in [0.717, 1.165) is 18.9 Å². The first-order valence-corrected chi connectivity index (χ1v) is 6.41. The van der Waals surface area contributed by atoms with Gasteiger partial charge in [-0.05, 0) is 25.0 Å². The van der Waals surface area contributed by atoms with Gasteiger partial charge in [0.1, 0.15) is 0 Å². The summed E-state index contributed by atoms with van der Waals surface area (Å²) in [6.45, 7) is 0. The van der Waals surface area contributed by atoms with Crippen LogP contribution in [0, 0.1) is 10.1 Å². The Morgan fingerprint density at radius 1 is 1.41 bits per heavy atom. The highest BCUT2D eigenvalue weighted by Crippen LogP contribution is 2.37. The molecule has 1 saturated carbocycles. The minimum Gasteiger partial charge on any atom is -0.483 e. The molecule has 17 heavy (non-hydrogen) atoms. The molecule has 0 bridgehead atoms. The van der Waals surface area contributed by atoms with Crippen LogP contribution < -0.4 is 9.88 Å². The van der Waals surface area contributed by atoms with Crippen molar-refractivity contribution >= 4 is 15.7 Å². The van der Waals surface area contributed by atoms with Crippen molar-refractivity contribution in [2.45, 2.75) is 23.8 Å². The standard InChI is InChI=1S/C9H10N2O5S/c10-17(14,15)8-3-1-2-7(9(8)11(12)13)16-6-4-5-6/h1-3,6H,4-5H2,(H2,10,14,15). The van der Waals surface area contributed by atoms with Crippen molar-refractivity contribution in [3.05, 3.63) is 28.3 Å². The molecule has 8 heteroatoms. The molecule has 0 atom stereocenters. The van der Waals surface area contributed by atoms with Crippen LogP contribution in [-0.4, -0.2) is 19.4 Å². The number of sulfonamides is 1. The molecule has 0 spiro atoms. The van der Waals surface area contributed by atoms with Crippen molar-refractivity contribution in [2.24, 2.45) is 5.14 Å². The second kappa shape index (κ2) is 3.97. The summed E-state index contributed by atoms with van der Waals surface area (Å²) < 4.78 is 27.8. The summed E-state index contributed by atoms with van der Waals surface area (Å²) in [5.41, 5.74) is -0.595. The average Bonchev–Trinajstić information content (AvgIpc) is 2.99. The highest BCUT2D eigenvalue weighted by molar-refractivity contribution is 7.89. The number of hydrogen-bond acceptors (Lipinski definition) is 5. The van der Waals surface area contributed by atoms with Gasteiger partial charge >= 0.3 is 5.69 Å². The van der Waals surface area contributed by atoms with Gasteiger partial charge in [-0.3, -0.25) is 10.1 Å². The Morgan fingerprint density at radius 2 is 2.06 bits per heavy atom. The van der Waals surface area contributed by atoms with Crippen LogP contribution in [0.15, 0.2) is 23.1 Å². The zero-order valence-electron chi connectivity index (χ0n) is 8.70. The monoisotopic (exact) mass is 258 g/mol. The van der Waals surface area contributed by atoms with Crippen LogP contribution >= 0.6 is 0 Å². The van der Waals surface area contributed by atoms with Crippen LogP contribution in [0.2, 0.25) is 0 Å². The molecule has 1 aromatic carbocycles. The molecule has 92 valence electrons. The summed E-state index contributed by atoms with van der Waals surface area (Å²) >= 11 is 0. The van der Waals surface area contributed by atoms with Crippen molar-refractivity contribution in [3.8, 4) is 5.75 Å². The molecule has 1 fully saturated rings. The van der Waals surface area contributed by atoms with Gasteiger partial charge < -0.3 is 4.74 Å². The lowest BCUT2D eigenvalue weighted by molar-refractivity contribution is -0.388. The first-order chi connectivity index (χ1) is 7.89. The first kappa shape index (κ1) is 11.8. The van der Waals surface area contributed by atoms with Crippen LogP contribution in [0.5, 0.6) is 5.75 Å². The second-order valence-electron chi connectivity index (χ2n) is 3.72. The molecule has 7 nitrogen and oxygen atoms in total. The number of primary sulfonamides is 1. The van der Waals surface area contributed by atoms with Gasteiger partial charge in [-0.1, -0.05) is 6.07 Å². The maximum atomic E-state index is 11.2. The van der Waals surface area contributed by atoms with Crippen LogP contribution in [0.4, 0.5) is 5.69 Å². The molecule has 0 unspecified atom stereocenters. The van der Waals surface area contributed by atoms with Gasteiger partial charge in [0.25, 0.3) is 0 Å². The largest absolute Gasteiger partial charge is 0.483 e. The number of rotatable bonds is 4. The number of hydrogen-bond donors (Lipinski definition) is 1. The van der Waals surface area contributed by atoms with Crippen LogP contribution in [-0.2, 0) is 10.0 Å². The van der Waals surface area contributed by atoms with E-state index in [-0.39, 0.29) is 11.9 Å². The van der Waals surface area contributed by atoms with E-state index in [2.05, 4.69) is 0 Å². The number of nitro benzene ring substituents is 1. The molecule has 0 saturated heterocycles. The minimum absolute atomic E-state index is 0.0518. The molecule has 0 radical (unpaired) electrons. The number of nitrogens with zero attached hydrogens (tertiary/aromatic N) is 1. The van der Waals surface area contributed by atoms with Gasteiger partial charge in [0.05, 0.1) is 11.0 Å². The number of nitro groups is 1. The molecule has 2 rings (SSSR count). The van der Waals surface area contributed by atoms with Crippen molar-refractivity contribution in [1.82, 2.24) is 0 Å². The Balaban J connectivity index is 2.55. The minimum atomic E-state index is -4.14. The Labute approximate surface area is 97.4 Å². The topological polar surface area (TPSA) is 113 Å². The molecule has 2 N–H and O–H groups in total. The third-order valence-corrected chi connectivity index (χ3v) is 3.21. The summed E-state index contributed by atoms with van der Waals surface area (Å²) in [6, 6.07) is 3.82. The van der Waals surface area contributed by atoms with Gasteiger partial charge in [0.2, 0.25) is 10.0 Å². The summed E-state index contributed by atoms with van der Waals surface area (Å²) in [6.07, 6.45) is 1.57. The van der Waals surface area contributed by atoms with E-state index in [1.165, 1.54) is 12.1 Å². The Bertz CT molecular complexity index is 565. The Kier molecular flexibility index (Phi) is 2.76. The molecule has 0 heterocycles. The molecule has 1 aromatic rings. The predicted molar refractivity (Wildman–Crippen MR) is 58.1 cm³/mol. The predicted octanol–water partition coefficient (Wildman–Crippen LogP) is 0.783. The van der Waals surface area contributed by atoms with E-state index in [1.807, 2.05) is 0 Å². The highest BCUT2D eigenvalue weighted by Gasteiger charge is 2.31. The van der Waals surface area contributed by atoms with Gasteiger partial charge in [0, 0.05) is 0 Å². The third-order valence-electron chi connectivity index (χ3n) is 2.27. The van der Waals surface area contributed by atoms with Crippen LogP contribution in [0.1, 0.15) is 12.8 Å². The van der Waals surface area contributed by atoms with E-state index < -0.39 is 25.5 Å². The van der Waals surface area contributed by atoms with Crippen molar-refractivity contribution in [1.29, 1.82) is 0 Å². The zero-order chi connectivity index (χ0) is 12.6. The highest BCUT2D eigenvalue weighted by atomic mass is 32.2. The summed E-state index contributed by atoms with van der Waals surface area (Å²) in [5, 5.41) is 15.8. The van der Waals surface area contributed by atoms with E-state index >= 15 is 0 Å². The zero-order valence-corrected chi connectivity index (χ0v) is 9.51. The molecule has 0 amide bonds. The number of nitrogens with two attached hydrogens (primary N) is 1. The second-order valence-corrected chi connectivity index (χ2v) is 5.25. The van der Waals surface area contributed by atoms with Crippen molar-refractivity contribution < 1.29 is 18.1 Å². The molecule has 0 aromatic heterocycles. The van der Waals surface area contributed by atoms with Gasteiger partial charge in [-0.2, -0.15) is 0 Å². The molecular formula is C9H10N2O5S. The summed E-state index contributed by atoms with van der Waals surface area (Å²) in [4.78, 5) is 9.58. The van der Waals surface area contributed by atoms with Gasteiger partial charge in [-0.25, -0.2) is 13.6 Å². The quantitative estimate of drug-likeness (QED) is 0.633. The summed E-state index contributed by atoms with van der Waals surface area (Å²) in [5.74, 6) is -0.0518. The Hall–Kier alpha value is -1.67. The smallest absolute Gasteiger partial charge is 0.330 e. The third kappa shape index (κ3) is 2.53. The summed E-state index contributed by atoms with van der Waals surface area (Å²) in [7, 11) is -4.14. The Morgan fingerprint density at radius 3 is 2.53 bits per heavy atom. The lowest BCUT2D eigenvalue weighted by Crippen LogP contribution is -2.15. The number of para-hydroxylation sites is 1. The molecule has 1 aliphatic carbocycles. The maximum Gasteiger partial charge on any atom is 0.330 e. The SMILES string of the molecule is NS(=O)(=O)c1cccc(OC2CC2)c1[N+](=O)[O-]. The average molecular weight is 258 g/mol. The van der Waals surface area contributed by atoms with E-state index in [4.69, 9.17) is 9.88 Å². The molecule has 1 aliphatic rings. The van der Waals surface area contributed by atoms with Crippen LogP contribution in [0.25, 0.3) is 0 Å². The van der Waals surface area contributed by atoms with Gasteiger partial charge in [-0.15, -0.1) is 0 Å². The van der Waals surface area contributed by atoms with E-state index in [1.54, 1.807) is 0 Å². The fourth-order valence-corrected chi connectivity index (χ4v) is 2.09. The van der Waals surface area contributed by atoms with Crippen molar-refractivity contribution in [3.63, 3.8) is 0 Å². The lowest BCUT2D eigenvalue weighted by Gasteiger charge is -2.07. The van der Waals surface area contributed by atoms with Gasteiger partial charge in [0.15, 0.2) is 10.6 Å². The van der Waals surface area contributed by atoms with E-state index in [9.17, 15) is 18.5 Å². The fourth-order valence-electron chi connectivity index (χ4n) is 1.37. The first-order valence-electron chi connectivity index (χ1n) is 4.86. The molecular weight excluding hydrogens is 248 g/mol.